The zero-order valence-corrected chi connectivity index (χ0v) is 14.1. The van der Waals surface area contributed by atoms with Crippen LogP contribution in [0.2, 0.25) is 0 Å². The number of hydrogen-bond acceptors (Lipinski definition) is 3. The molecular formula is C11H26O7P2. The van der Waals surface area contributed by atoms with Gasteiger partial charge in [0.15, 0.2) is 4.90 Å². The van der Waals surface area contributed by atoms with Gasteiger partial charge in [0.25, 0.3) is 0 Å². The molecule has 0 aliphatic rings. The summed E-state index contributed by atoms with van der Waals surface area (Å²) in [7, 11) is -10.3. The molecule has 0 bridgehead atoms. The van der Waals surface area contributed by atoms with E-state index in [4.69, 9.17) is 0 Å². The van der Waals surface area contributed by atoms with Gasteiger partial charge in [-0.1, -0.05) is 27.7 Å². The molecule has 122 valence electrons. The second-order valence-electron chi connectivity index (χ2n) is 5.09. The second-order valence-corrected chi connectivity index (χ2v) is 9.22. The van der Waals surface area contributed by atoms with Gasteiger partial charge in [-0.15, -0.1) is 0 Å². The van der Waals surface area contributed by atoms with Gasteiger partial charge in [-0.3, -0.25) is 9.13 Å². The van der Waals surface area contributed by atoms with Crippen molar-refractivity contribution in [1.82, 2.24) is 0 Å². The van der Waals surface area contributed by atoms with Crippen LogP contribution in [0.4, 0.5) is 0 Å². The van der Waals surface area contributed by atoms with Crippen molar-refractivity contribution in [1.29, 1.82) is 0 Å². The Morgan fingerprint density at radius 1 is 0.850 bits per heavy atom. The lowest BCUT2D eigenvalue weighted by atomic mass is 9.78. The van der Waals surface area contributed by atoms with E-state index in [0.29, 0.717) is 0 Å². The third-order valence-electron chi connectivity index (χ3n) is 4.37. The molecule has 7 nitrogen and oxygen atoms in total. The molecule has 0 aliphatic carbocycles. The summed E-state index contributed by atoms with van der Waals surface area (Å²) in [5.41, 5.74) is -1.53. The number of aliphatic hydroxyl groups is 1. The maximum absolute atomic E-state index is 11.9. The molecule has 0 aromatic rings. The topological polar surface area (TPSA) is 135 Å². The number of rotatable bonds is 8. The predicted octanol–water partition coefficient (Wildman–Crippen LogP) is 2.03. The Hall–Kier alpha value is 0.260. The molecule has 1 atom stereocenters. The quantitative estimate of drug-likeness (QED) is 0.429. The fourth-order valence-corrected chi connectivity index (χ4v) is 6.95. The maximum Gasteiger partial charge on any atom is 0.344 e. The first-order valence-electron chi connectivity index (χ1n) is 6.71. The fraction of sp³-hybridized carbons (Fsp3) is 1.00. The van der Waals surface area contributed by atoms with Gasteiger partial charge in [0.05, 0.1) is 5.60 Å². The molecule has 0 heterocycles. The van der Waals surface area contributed by atoms with Crippen LogP contribution < -0.4 is 0 Å². The van der Waals surface area contributed by atoms with E-state index in [0.717, 1.165) is 0 Å². The monoisotopic (exact) mass is 332 g/mol. The van der Waals surface area contributed by atoms with Crippen LogP contribution in [0.15, 0.2) is 0 Å². The largest absolute Gasteiger partial charge is 0.390 e. The van der Waals surface area contributed by atoms with Crippen molar-refractivity contribution in [2.24, 2.45) is 5.92 Å². The van der Waals surface area contributed by atoms with Crippen LogP contribution in [0.1, 0.15) is 53.4 Å². The summed E-state index contributed by atoms with van der Waals surface area (Å²) >= 11 is 0. The fourth-order valence-electron chi connectivity index (χ4n) is 3.11. The highest BCUT2D eigenvalue weighted by molar-refractivity contribution is 7.72. The van der Waals surface area contributed by atoms with E-state index in [1.807, 2.05) is 0 Å². The van der Waals surface area contributed by atoms with E-state index >= 15 is 0 Å². The van der Waals surface area contributed by atoms with E-state index < -0.39 is 38.0 Å². The van der Waals surface area contributed by atoms with E-state index in [1.165, 1.54) is 6.92 Å². The Labute approximate surface area is 119 Å². The molecule has 0 unspecified atom stereocenters. The lowest BCUT2D eigenvalue weighted by Crippen LogP contribution is -2.50. The molecule has 0 amide bonds. The Morgan fingerprint density at radius 2 is 1.20 bits per heavy atom. The summed E-state index contributed by atoms with van der Waals surface area (Å²) in [6.07, 6.45) is -0.0435. The SMILES string of the molecule is CC[C@@H](C(O)(CC)CC)C(CC)(P(=O)(O)O)P(=O)(O)O. The van der Waals surface area contributed by atoms with E-state index in [2.05, 4.69) is 0 Å². The molecule has 0 aromatic heterocycles. The third-order valence-corrected chi connectivity index (χ3v) is 9.21. The summed E-state index contributed by atoms with van der Waals surface area (Å²) in [6, 6.07) is 0. The molecule has 0 radical (unpaired) electrons. The van der Waals surface area contributed by atoms with Crippen molar-refractivity contribution in [3.63, 3.8) is 0 Å². The first-order valence-corrected chi connectivity index (χ1v) is 9.94. The molecule has 0 spiro atoms. The predicted molar refractivity (Wildman–Crippen MR) is 76.4 cm³/mol. The van der Waals surface area contributed by atoms with Crippen LogP contribution in [0, 0.1) is 5.92 Å². The Morgan fingerprint density at radius 3 is 1.35 bits per heavy atom. The van der Waals surface area contributed by atoms with E-state index in [-0.39, 0.29) is 19.3 Å². The Kier molecular flexibility index (Phi) is 6.66. The molecule has 0 aliphatic heterocycles. The minimum absolute atomic E-state index is 0.0578. The van der Waals surface area contributed by atoms with Gasteiger partial charge in [-0.05, 0) is 25.7 Å². The zero-order valence-electron chi connectivity index (χ0n) is 12.4. The average Bonchev–Trinajstić information content (AvgIpc) is 2.31. The van der Waals surface area contributed by atoms with Gasteiger partial charge in [-0.2, -0.15) is 0 Å². The molecule has 9 heteroatoms. The number of hydrogen-bond donors (Lipinski definition) is 5. The third kappa shape index (κ3) is 3.20. The molecule has 20 heavy (non-hydrogen) atoms. The van der Waals surface area contributed by atoms with Crippen LogP contribution in [0.3, 0.4) is 0 Å². The van der Waals surface area contributed by atoms with Crippen molar-refractivity contribution in [3.05, 3.63) is 0 Å². The normalized spacial score (nSPS) is 16.2. The summed E-state index contributed by atoms with van der Waals surface area (Å²) in [6.45, 7) is 6.15. The second kappa shape index (κ2) is 6.57. The smallest absolute Gasteiger partial charge is 0.344 e. The van der Waals surface area contributed by atoms with Crippen LogP contribution in [0.25, 0.3) is 0 Å². The molecule has 0 fully saturated rings. The summed E-state index contributed by atoms with van der Waals surface area (Å²) in [5, 5.41) is 10.6. The van der Waals surface area contributed by atoms with Crippen LogP contribution in [-0.4, -0.2) is 35.2 Å². The molecule has 5 N–H and O–H groups in total. The lowest BCUT2D eigenvalue weighted by Gasteiger charge is -2.47. The first kappa shape index (κ1) is 20.3. The van der Waals surface area contributed by atoms with Crippen LogP contribution in [0.5, 0.6) is 0 Å². The van der Waals surface area contributed by atoms with Gasteiger partial charge in [-0.25, -0.2) is 0 Å². The summed E-state index contributed by atoms with van der Waals surface area (Å²) < 4.78 is 23.8. The van der Waals surface area contributed by atoms with Crippen molar-refractivity contribution < 1.29 is 33.8 Å². The van der Waals surface area contributed by atoms with Crippen molar-refractivity contribution >= 4 is 15.2 Å². The lowest BCUT2D eigenvalue weighted by molar-refractivity contribution is -0.0404. The molecular weight excluding hydrogens is 306 g/mol. The minimum atomic E-state index is -5.15. The Balaban J connectivity index is 6.39. The van der Waals surface area contributed by atoms with E-state index in [9.17, 15) is 33.8 Å². The molecule has 0 saturated carbocycles. The Bertz CT molecular complexity index is 385. The average molecular weight is 332 g/mol. The summed E-state index contributed by atoms with van der Waals surface area (Å²) in [5.74, 6) is -1.20. The van der Waals surface area contributed by atoms with Crippen molar-refractivity contribution in [2.75, 3.05) is 0 Å². The highest BCUT2D eigenvalue weighted by Gasteiger charge is 2.66. The van der Waals surface area contributed by atoms with Crippen LogP contribution in [-0.2, 0) is 9.13 Å². The van der Waals surface area contributed by atoms with Gasteiger partial charge in [0.1, 0.15) is 0 Å². The van der Waals surface area contributed by atoms with Gasteiger partial charge in [0, 0.05) is 5.92 Å². The standard InChI is InChI=1S/C11H26O7P2/c1-5-9(10(12,6-2)7-3)11(8-4,19(13,14)15)20(16,17)18/h9,12H,5-8H2,1-4H3,(H2,13,14,15)(H2,16,17,18)/t9-/m0/s1. The van der Waals surface area contributed by atoms with Gasteiger partial charge in [0.2, 0.25) is 0 Å². The highest BCUT2D eigenvalue weighted by Crippen LogP contribution is 2.75. The minimum Gasteiger partial charge on any atom is -0.390 e. The van der Waals surface area contributed by atoms with Gasteiger partial charge >= 0.3 is 15.2 Å². The van der Waals surface area contributed by atoms with Crippen LogP contribution >= 0.6 is 15.2 Å². The maximum atomic E-state index is 11.9. The van der Waals surface area contributed by atoms with Crippen molar-refractivity contribution in [2.45, 2.75) is 63.9 Å². The first-order chi connectivity index (χ1) is 8.87. The van der Waals surface area contributed by atoms with Crippen molar-refractivity contribution in [3.8, 4) is 0 Å². The molecule has 0 rings (SSSR count). The zero-order chi connectivity index (χ0) is 16.4. The summed E-state index contributed by atoms with van der Waals surface area (Å²) in [4.78, 5) is 36.0. The highest BCUT2D eigenvalue weighted by atomic mass is 31.2. The van der Waals surface area contributed by atoms with E-state index in [1.54, 1.807) is 20.8 Å². The van der Waals surface area contributed by atoms with Gasteiger partial charge < -0.3 is 24.7 Å². The molecule has 0 saturated heterocycles. The molecule has 0 aromatic carbocycles.